The molecule has 3 aromatic rings. The van der Waals surface area contributed by atoms with Gasteiger partial charge >= 0.3 is 0 Å². The van der Waals surface area contributed by atoms with E-state index in [1.807, 2.05) is 11.5 Å². The van der Waals surface area contributed by atoms with Crippen LogP contribution >= 0.6 is 23.1 Å². The summed E-state index contributed by atoms with van der Waals surface area (Å²) in [6, 6.07) is 8.55. The van der Waals surface area contributed by atoms with E-state index in [0.29, 0.717) is 12.5 Å². The van der Waals surface area contributed by atoms with Gasteiger partial charge in [0.25, 0.3) is 5.56 Å². The number of nitrogens with zero attached hydrogens (tertiary/aromatic N) is 2. The molecule has 0 saturated heterocycles. The van der Waals surface area contributed by atoms with Crippen LogP contribution in [0.3, 0.4) is 0 Å². The summed E-state index contributed by atoms with van der Waals surface area (Å²) in [4.78, 5) is 20.6. The Morgan fingerprint density at radius 3 is 2.86 bits per heavy atom. The fraction of sp³-hybridized carbons (Fsp3) is 0.391. The van der Waals surface area contributed by atoms with Gasteiger partial charge in [-0.25, -0.2) is 4.98 Å². The zero-order valence-electron chi connectivity index (χ0n) is 16.7. The van der Waals surface area contributed by atoms with Crippen LogP contribution in [0.5, 0.6) is 0 Å². The summed E-state index contributed by atoms with van der Waals surface area (Å²) in [5.74, 6) is 1.61. The van der Waals surface area contributed by atoms with Crippen molar-refractivity contribution >= 4 is 33.3 Å². The molecule has 0 radical (unpaired) electrons. The van der Waals surface area contributed by atoms with Crippen LogP contribution in [0.1, 0.15) is 38.3 Å². The highest BCUT2D eigenvalue weighted by Gasteiger charge is 2.25. The fourth-order valence-corrected chi connectivity index (χ4v) is 6.26. The van der Waals surface area contributed by atoms with Crippen molar-refractivity contribution < 1.29 is 0 Å². The second kappa shape index (κ2) is 7.88. The second-order valence-corrected chi connectivity index (χ2v) is 10.1. The molecule has 0 bridgehead atoms. The normalized spacial score (nSPS) is 13.0. The van der Waals surface area contributed by atoms with Crippen molar-refractivity contribution in [1.29, 1.82) is 0 Å². The Bertz CT molecular complexity index is 1110. The molecule has 0 fully saturated rings. The molecule has 1 aliphatic carbocycles. The molecule has 2 heterocycles. The Kier molecular flexibility index (Phi) is 5.48. The fourth-order valence-electron chi connectivity index (χ4n) is 3.70. The number of aryl methyl sites for hydroxylation is 2. The lowest BCUT2D eigenvalue weighted by Gasteiger charge is -2.16. The summed E-state index contributed by atoms with van der Waals surface area (Å²) in [7, 11) is 0. The van der Waals surface area contributed by atoms with E-state index in [9.17, 15) is 4.79 Å². The van der Waals surface area contributed by atoms with Gasteiger partial charge in [0.1, 0.15) is 4.83 Å². The lowest BCUT2D eigenvalue weighted by molar-refractivity contribution is 0.625. The van der Waals surface area contributed by atoms with E-state index in [1.54, 1.807) is 23.1 Å². The van der Waals surface area contributed by atoms with Crippen LogP contribution < -0.4 is 5.56 Å². The first kappa shape index (κ1) is 19.5. The summed E-state index contributed by atoms with van der Waals surface area (Å²) in [5.41, 5.74) is 4.90. The minimum absolute atomic E-state index is 0.0944. The van der Waals surface area contributed by atoms with Crippen molar-refractivity contribution in [3.63, 3.8) is 0 Å². The Morgan fingerprint density at radius 1 is 1.32 bits per heavy atom. The Labute approximate surface area is 174 Å². The molecule has 146 valence electrons. The number of fused-ring (bicyclic) bond motifs is 5. The lowest BCUT2D eigenvalue weighted by atomic mass is 9.90. The van der Waals surface area contributed by atoms with Crippen LogP contribution in [0.15, 0.2) is 46.4 Å². The number of hydrogen-bond donors (Lipinski definition) is 0. The van der Waals surface area contributed by atoms with Crippen LogP contribution in [0, 0.1) is 5.92 Å². The summed E-state index contributed by atoms with van der Waals surface area (Å²) in [5, 5.41) is 1.65. The summed E-state index contributed by atoms with van der Waals surface area (Å²) in [6.07, 6.45) is 3.01. The van der Waals surface area contributed by atoms with Gasteiger partial charge in [-0.1, -0.05) is 62.0 Å². The Hall–Kier alpha value is -1.85. The highest BCUT2D eigenvalue weighted by Crippen LogP contribution is 2.42. The molecule has 0 amide bonds. The van der Waals surface area contributed by atoms with Crippen LogP contribution in [0.4, 0.5) is 0 Å². The third-order valence-electron chi connectivity index (χ3n) is 5.14. The lowest BCUT2D eigenvalue weighted by Crippen LogP contribution is -2.24. The van der Waals surface area contributed by atoms with Crippen molar-refractivity contribution in [3.05, 3.63) is 57.9 Å². The van der Waals surface area contributed by atoms with Gasteiger partial charge in [0, 0.05) is 17.2 Å². The van der Waals surface area contributed by atoms with E-state index in [4.69, 9.17) is 4.98 Å². The number of hydrogen-bond acceptors (Lipinski definition) is 4. The van der Waals surface area contributed by atoms with Gasteiger partial charge in [0.15, 0.2) is 5.16 Å². The first-order valence-electron chi connectivity index (χ1n) is 9.87. The Balaban J connectivity index is 1.87. The van der Waals surface area contributed by atoms with Crippen molar-refractivity contribution in [3.8, 4) is 10.4 Å². The van der Waals surface area contributed by atoms with E-state index in [-0.39, 0.29) is 5.56 Å². The molecular weight excluding hydrogens is 384 g/mol. The van der Waals surface area contributed by atoms with Crippen molar-refractivity contribution in [2.75, 3.05) is 5.75 Å². The Morgan fingerprint density at radius 2 is 2.11 bits per heavy atom. The zero-order valence-corrected chi connectivity index (χ0v) is 18.4. The first-order chi connectivity index (χ1) is 13.5. The molecular formula is C23H26N2OS2. The van der Waals surface area contributed by atoms with Crippen molar-refractivity contribution in [1.82, 2.24) is 9.55 Å². The minimum atomic E-state index is 0.0944. The van der Waals surface area contributed by atoms with Gasteiger partial charge in [0.05, 0.1) is 5.39 Å². The smallest absolute Gasteiger partial charge is 0.263 e. The zero-order chi connectivity index (χ0) is 19.8. The molecule has 0 unspecified atom stereocenters. The molecule has 1 aromatic carbocycles. The molecule has 0 spiro atoms. The van der Waals surface area contributed by atoms with Gasteiger partial charge in [-0.2, -0.15) is 0 Å². The standard InChI is InChI=1S/C23H26N2OS2/c1-14(2)11-12-27-23-24-21-19(22(26)25(23)13-15(3)4)18-10-9-16-7-5-6-8-17(16)20(18)28-21/h5-8,14H,3,9-13H2,1-2,4H3. The third kappa shape index (κ3) is 3.58. The number of rotatable bonds is 6. The molecule has 2 aromatic heterocycles. The predicted molar refractivity (Wildman–Crippen MR) is 122 cm³/mol. The molecule has 1 aliphatic rings. The predicted octanol–water partition coefficient (Wildman–Crippen LogP) is 5.94. The summed E-state index contributed by atoms with van der Waals surface area (Å²) in [6.45, 7) is 11.0. The van der Waals surface area contributed by atoms with Crippen LogP contribution in [-0.4, -0.2) is 15.3 Å². The van der Waals surface area contributed by atoms with E-state index in [1.165, 1.54) is 21.6 Å². The van der Waals surface area contributed by atoms with E-state index < -0.39 is 0 Å². The maximum absolute atomic E-state index is 13.5. The molecule has 5 heteroatoms. The number of thioether (sulfide) groups is 1. The molecule has 0 atom stereocenters. The number of allylic oxidation sites excluding steroid dienone is 1. The number of aromatic nitrogens is 2. The summed E-state index contributed by atoms with van der Waals surface area (Å²) >= 11 is 3.37. The molecule has 3 nitrogen and oxygen atoms in total. The van der Waals surface area contributed by atoms with Crippen LogP contribution in [-0.2, 0) is 19.4 Å². The van der Waals surface area contributed by atoms with Crippen molar-refractivity contribution in [2.24, 2.45) is 5.92 Å². The molecule has 0 N–H and O–H groups in total. The number of benzene rings is 1. The average molecular weight is 411 g/mol. The molecule has 0 aliphatic heterocycles. The van der Waals surface area contributed by atoms with Gasteiger partial charge < -0.3 is 0 Å². The van der Waals surface area contributed by atoms with Gasteiger partial charge in [-0.3, -0.25) is 9.36 Å². The topological polar surface area (TPSA) is 34.9 Å². The quantitative estimate of drug-likeness (QED) is 0.287. The van der Waals surface area contributed by atoms with E-state index >= 15 is 0 Å². The van der Waals surface area contributed by atoms with E-state index in [2.05, 4.69) is 44.7 Å². The van der Waals surface area contributed by atoms with Crippen LogP contribution in [0.25, 0.3) is 20.7 Å². The second-order valence-electron chi connectivity index (χ2n) is 8.02. The van der Waals surface area contributed by atoms with Crippen molar-refractivity contribution in [2.45, 2.75) is 51.7 Å². The van der Waals surface area contributed by atoms with Crippen LogP contribution in [0.2, 0.25) is 0 Å². The van der Waals surface area contributed by atoms with E-state index in [0.717, 1.165) is 46.0 Å². The number of thiophene rings is 1. The maximum atomic E-state index is 13.5. The molecule has 28 heavy (non-hydrogen) atoms. The SMILES string of the molecule is C=C(C)Cn1c(SCCC(C)C)nc2sc3c(c2c1=O)CCc1ccccc1-3. The minimum Gasteiger partial charge on any atom is -0.283 e. The van der Waals surface area contributed by atoms with Gasteiger partial charge in [-0.15, -0.1) is 11.3 Å². The average Bonchev–Trinajstić information content (AvgIpc) is 3.03. The molecule has 4 rings (SSSR count). The third-order valence-corrected chi connectivity index (χ3v) is 7.31. The monoisotopic (exact) mass is 410 g/mol. The largest absolute Gasteiger partial charge is 0.283 e. The summed E-state index contributed by atoms with van der Waals surface area (Å²) < 4.78 is 1.84. The highest BCUT2D eigenvalue weighted by atomic mass is 32.2. The first-order valence-corrected chi connectivity index (χ1v) is 11.7. The highest BCUT2D eigenvalue weighted by molar-refractivity contribution is 7.99. The van der Waals surface area contributed by atoms with Gasteiger partial charge in [0.2, 0.25) is 0 Å². The maximum Gasteiger partial charge on any atom is 0.263 e. The van der Waals surface area contributed by atoms with Gasteiger partial charge in [-0.05, 0) is 48.8 Å². The molecule has 0 saturated carbocycles.